The van der Waals surface area contributed by atoms with Crippen LogP contribution in [-0.4, -0.2) is 102 Å². The molecule has 3 aliphatic heterocycles. The molecule has 2 aromatic heterocycles. The van der Waals surface area contributed by atoms with Crippen LogP contribution >= 0.6 is 0 Å². The summed E-state index contributed by atoms with van der Waals surface area (Å²) >= 11 is 0. The van der Waals surface area contributed by atoms with E-state index in [4.69, 9.17) is 9.47 Å². The first kappa shape index (κ1) is 24.2. The smallest absolute Gasteiger partial charge is 0.250 e. The van der Waals surface area contributed by atoms with Gasteiger partial charge in [-0.2, -0.15) is 5.10 Å². The molecule has 3 atom stereocenters. The summed E-state index contributed by atoms with van der Waals surface area (Å²) in [5, 5.41) is 8.23. The third-order valence-corrected chi connectivity index (χ3v) is 7.85. The molecule has 0 unspecified atom stereocenters. The quantitative estimate of drug-likeness (QED) is 0.554. The Balaban J connectivity index is 1.28. The molecule has 3 saturated heterocycles. The fourth-order valence-electron chi connectivity index (χ4n) is 5.63. The molecule has 11 heteroatoms. The number of nitrogens with one attached hydrogen (secondary N) is 1. The largest absolute Gasteiger partial charge is 0.378 e. The molecule has 0 bridgehead atoms. The molecule has 1 amide bonds. The average Bonchev–Trinajstić information content (AvgIpc) is 3.30. The second-order valence-corrected chi connectivity index (χ2v) is 10.1. The number of carbonyl (C=O) groups excluding carboxylic acids is 1. The van der Waals surface area contributed by atoms with Gasteiger partial charge < -0.3 is 19.7 Å². The van der Waals surface area contributed by atoms with Crippen molar-refractivity contribution in [3.8, 4) is 5.82 Å². The van der Waals surface area contributed by atoms with Crippen LogP contribution in [0.5, 0.6) is 0 Å². The van der Waals surface area contributed by atoms with Crippen LogP contribution in [0.4, 0.5) is 10.2 Å². The van der Waals surface area contributed by atoms with Crippen LogP contribution in [-0.2, 0) is 14.3 Å². The summed E-state index contributed by atoms with van der Waals surface area (Å²) in [6.45, 7) is 6.25. The number of hydrogen-bond acceptors (Lipinski definition) is 8. The number of rotatable bonds is 5. The summed E-state index contributed by atoms with van der Waals surface area (Å²) in [4.78, 5) is 25.3. The Bertz CT molecular complexity index is 1300. The van der Waals surface area contributed by atoms with E-state index < -0.39 is 12.3 Å². The lowest BCUT2D eigenvalue weighted by Gasteiger charge is -2.43. The van der Waals surface area contributed by atoms with Gasteiger partial charge in [0.15, 0.2) is 11.9 Å². The van der Waals surface area contributed by atoms with Crippen LogP contribution in [0.2, 0.25) is 0 Å². The number of piperidine rings is 1. The number of aromatic nitrogens is 4. The lowest BCUT2D eigenvalue weighted by atomic mass is 9.84. The van der Waals surface area contributed by atoms with Crippen molar-refractivity contribution in [3.63, 3.8) is 0 Å². The van der Waals surface area contributed by atoms with Gasteiger partial charge in [0, 0.05) is 37.5 Å². The molecule has 1 aromatic carbocycles. The van der Waals surface area contributed by atoms with Crippen LogP contribution in [0.3, 0.4) is 0 Å². The van der Waals surface area contributed by atoms with Gasteiger partial charge in [0.1, 0.15) is 18.3 Å². The molecule has 0 saturated carbocycles. The highest BCUT2D eigenvalue weighted by Crippen LogP contribution is 2.36. The average molecular weight is 510 g/mol. The molecule has 3 fully saturated rings. The molecule has 6 rings (SSSR count). The zero-order valence-electron chi connectivity index (χ0n) is 21.1. The van der Waals surface area contributed by atoms with E-state index in [2.05, 4.69) is 44.3 Å². The maximum Gasteiger partial charge on any atom is 0.250 e. The number of hydrogen-bond donors (Lipinski definition) is 1. The first-order chi connectivity index (χ1) is 18.0. The highest BCUT2D eigenvalue weighted by Gasteiger charge is 2.36. The van der Waals surface area contributed by atoms with Gasteiger partial charge in [-0.1, -0.05) is 0 Å². The van der Waals surface area contributed by atoms with Crippen LogP contribution < -0.4 is 10.2 Å². The number of fused-ring (bicyclic) bond motifs is 1. The number of aryl methyl sites for hydroxylation is 1. The number of likely N-dealkylation sites (N-methyl/N-ethyl adjacent to an activating group) is 1. The number of carbonyl (C=O) groups is 1. The van der Waals surface area contributed by atoms with Gasteiger partial charge in [-0.05, 0) is 43.1 Å². The number of alkyl halides is 1. The molecular formula is C26H32FN7O3. The second-order valence-electron chi connectivity index (χ2n) is 10.1. The molecule has 1 N–H and O–H groups in total. The highest BCUT2D eigenvalue weighted by atomic mass is 19.1. The fraction of sp³-hybridized carbons (Fsp3) is 0.538. The summed E-state index contributed by atoms with van der Waals surface area (Å²) < 4.78 is 28.1. The SMILES string of the molecule is CNC(=O)[C@@H]1CN(c2cc(-n3ncc4cc(C)c([C@@H]5CCN(C6COC6)C[C@@H]5F)cc43)ncn2)CCO1. The van der Waals surface area contributed by atoms with Crippen molar-refractivity contribution in [1.29, 1.82) is 0 Å². The molecule has 196 valence electrons. The third kappa shape index (κ3) is 4.55. The zero-order valence-corrected chi connectivity index (χ0v) is 21.1. The van der Waals surface area contributed by atoms with E-state index in [1.807, 2.05) is 17.2 Å². The van der Waals surface area contributed by atoms with Crippen molar-refractivity contribution in [2.45, 2.75) is 37.6 Å². The van der Waals surface area contributed by atoms with E-state index in [1.54, 1.807) is 11.7 Å². The number of morpholine rings is 1. The molecule has 37 heavy (non-hydrogen) atoms. The van der Waals surface area contributed by atoms with Gasteiger partial charge in [-0.3, -0.25) is 9.69 Å². The number of likely N-dealkylation sites (tertiary alicyclic amines) is 1. The van der Waals surface area contributed by atoms with E-state index >= 15 is 4.39 Å². The summed E-state index contributed by atoms with van der Waals surface area (Å²) in [6.07, 6.45) is 2.62. The third-order valence-electron chi connectivity index (χ3n) is 7.85. The fourth-order valence-corrected chi connectivity index (χ4v) is 5.63. The highest BCUT2D eigenvalue weighted by molar-refractivity contribution is 5.82. The van der Waals surface area contributed by atoms with Crippen molar-refractivity contribution in [2.75, 3.05) is 57.9 Å². The van der Waals surface area contributed by atoms with Gasteiger partial charge in [-0.15, -0.1) is 0 Å². The van der Waals surface area contributed by atoms with E-state index in [1.165, 1.54) is 6.33 Å². The van der Waals surface area contributed by atoms with Gasteiger partial charge in [0.2, 0.25) is 0 Å². The molecule has 0 spiro atoms. The van der Waals surface area contributed by atoms with Crippen LogP contribution in [0, 0.1) is 6.92 Å². The number of anilines is 1. The lowest BCUT2D eigenvalue weighted by Crippen LogP contribution is -2.54. The van der Waals surface area contributed by atoms with Gasteiger partial charge >= 0.3 is 0 Å². The monoisotopic (exact) mass is 509 g/mol. The Morgan fingerprint density at radius 2 is 1.97 bits per heavy atom. The van der Waals surface area contributed by atoms with E-state index in [0.29, 0.717) is 57.1 Å². The van der Waals surface area contributed by atoms with Crippen molar-refractivity contribution < 1.29 is 18.7 Å². The predicted octanol–water partition coefficient (Wildman–Crippen LogP) is 1.60. The van der Waals surface area contributed by atoms with Gasteiger partial charge in [0.25, 0.3) is 5.91 Å². The van der Waals surface area contributed by atoms with Crippen molar-refractivity contribution in [2.24, 2.45) is 0 Å². The topological polar surface area (TPSA) is 97.6 Å². The summed E-state index contributed by atoms with van der Waals surface area (Å²) in [6, 6.07) is 6.39. The molecule has 5 heterocycles. The normalized spacial score (nSPS) is 25.3. The molecular weight excluding hydrogens is 477 g/mol. The molecule has 3 aromatic rings. The molecule has 0 radical (unpaired) electrons. The first-order valence-electron chi connectivity index (χ1n) is 12.9. The number of amides is 1. The number of benzene rings is 1. The maximum absolute atomic E-state index is 15.4. The number of halogens is 1. The standard InChI is InChI=1S/C26H32FN7O3/c1-16-7-17-10-31-34(22(17)8-20(16)19-3-4-32(11-21(19)27)18-13-36-14-18)25-9-24(29-15-30-25)33-5-6-37-23(12-33)26(35)28-2/h7-10,15,18-19,21,23H,3-6,11-14H2,1-2H3,(H,28,35)/t19-,21-,23-/m0/s1. The van der Waals surface area contributed by atoms with E-state index in [-0.39, 0.29) is 11.8 Å². The second kappa shape index (κ2) is 9.96. The van der Waals surface area contributed by atoms with Crippen LogP contribution in [0.15, 0.2) is 30.7 Å². The van der Waals surface area contributed by atoms with Gasteiger partial charge in [0.05, 0.1) is 44.1 Å². The predicted molar refractivity (Wildman–Crippen MR) is 136 cm³/mol. The minimum absolute atomic E-state index is 0.152. The summed E-state index contributed by atoms with van der Waals surface area (Å²) in [5.74, 6) is 1.02. The molecule has 3 aliphatic rings. The minimum atomic E-state index is -0.929. The Labute approximate surface area is 214 Å². The minimum Gasteiger partial charge on any atom is -0.378 e. The van der Waals surface area contributed by atoms with E-state index in [9.17, 15) is 4.79 Å². The number of ether oxygens (including phenoxy) is 2. The Kier molecular flexibility index (Phi) is 6.51. The Morgan fingerprint density at radius 1 is 1.14 bits per heavy atom. The van der Waals surface area contributed by atoms with E-state index in [0.717, 1.165) is 35.0 Å². The first-order valence-corrected chi connectivity index (χ1v) is 12.9. The summed E-state index contributed by atoms with van der Waals surface area (Å²) in [7, 11) is 1.60. The van der Waals surface area contributed by atoms with Crippen LogP contribution in [0.25, 0.3) is 16.7 Å². The zero-order chi connectivity index (χ0) is 25.5. The maximum atomic E-state index is 15.4. The van der Waals surface area contributed by atoms with Gasteiger partial charge in [-0.25, -0.2) is 19.0 Å². The van der Waals surface area contributed by atoms with Crippen molar-refractivity contribution in [3.05, 3.63) is 41.9 Å². The summed E-state index contributed by atoms with van der Waals surface area (Å²) in [5.41, 5.74) is 3.00. The van der Waals surface area contributed by atoms with Crippen molar-refractivity contribution >= 4 is 22.6 Å². The number of nitrogens with zero attached hydrogens (tertiary/aromatic N) is 6. The van der Waals surface area contributed by atoms with Crippen molar-refractivity contribution in [1.82, 2.24) is 30.0 Å². The Morgan fingerprint density at radius 3 is 2.73 bits per heavy atom. The van der Waals surface area contributed by atoms with Crippen LogP contribution in [0.1, 0.15) is 23.5 Å². The molecule has 10 nitrogen and oxygen atoms in total. The molecule has 0 aliphatic carbocycles. The lowest BCUT2D eigenvalue weighted by molar-refractivity contribution is -0.132. The Hall–Kier alpha value is -3.15.